The quantitative estimate of drug-likeness (QED) is 0.759. The number of β-amino-alcohol motifs (C(OH)–C–C–N with tert-alkyl or cyclic N) is 1. The van der Waals surface area contributed by atoms with Gasteiger partial charge in [-0.1, -0.05) is 29.4 Å². The fourth-order valence-electron chi connectivity index (χ4n) is 3.36. The molecule has 1 saturated heterocycles. The van der Waals surface area contributed by atoms with E-state index in [9.17, 15) is 13.9 Å². The molecule has 2 atom stereocenters. The molecular weight excluding hydrogens is 352 g/mol. The zero-order valence-corrected chi connectivity index (χ0v) is 14.8. The Labute approximate surface area is 155 Å². The minimum Gasteiger partial charge on any atom is -0.392 e. The molecule has 1 aliphatic rings. The van der Waals surface area contributed by atoms with E-state index >= 15 is 0 Å². The largest absolute Gasteiger partial charge is 0.392 e. The van der Waals surface area contributed by atoms with Gasteiger partial charge in [0, 0.05) is 18.7 Å². The first kappa shape index (κ1) is 17.8. The van der Waals surface area contributed by atoms with E-state index in [1.807, 2.05) is 4.90 Å². The standard InChI is InChI=1S/C20H19F2N3O2/c1-12-2-5-14(8-17(12)22)19-23-20(27-24-19)18-9-16(26)11-25(18)10-13-3-6-15(21)7-4-13/h2-8,16,18,26H,9-11H2,1H3/t16-,18+/m1/s1. The maximum absolute atomic E-state index is 13.8. The smallest absolute Gasteiger partial charge is 0.244 e. The third kappa shape index (κ3) is 3.74. The number of likely N-dealkylation sites (tertiary alicyclic amines) is 1. The van der Waals surface area contributed by atoms with Gasteiger partial charge in [-0.15, -0.1) is 0 Å². The van der Waals surface area contributed by atoms with Crippen molar-refractivity contribution in [3.8, 4) is 11.4 Å². The van der Waals surface area contributed by atoms with Gasteiger partial charge in [0.25, 0.3) is 0 Å². The Morgan fingerprint density at radius 2 is 1.96 bits per heavy atom. The number of rotatable bonds is 4. The van der Waals surface area contributed by atoms with Crippen LogP contribution in [-0.2, 0) is 6.54 Å². The molecule has 2 heterocycles. The number of hydrogen-bond donors (Lipinski definition) is 1. The van der Waals surface area contributed by atoms with Gasteiger partial charge < -0.3 is 9.63 Å². The maximum Gasteiger partial charge on any atom is 0.244 e. The number of aliphatic hydroxyl groups excluding tert-OH is 1. The SMILES string of the molecule is Cc1ccc(-c2noc([C@@H]3C[C@@H](O)CN3Cc3ccc(F)cc3)n2)cc1F. The fourth-order valence-corrected chi connectivity index (χ4v) is 3.36. The van der Waals surface area contributed by atoms with E-state index < -0.39 is 6.10 Å². The minimum atomic E-state index is -0.511. The number of aromatic nitrogens is 2. The third-order valence-electron chi connectivity index (χ3n) is 4.84. The average Bonchev–Trinajstić information content (AvgIpc) is 3.26. The third-order valence-corrected chi connectivity index (χ3v) is 4.84. The van der Waals surface area contributed by atoms with Gasteiger partial charge in [0.2, 0.25) is 11.7 Å². The van der Waals surface area contributed by atoms with E-state index in [4.69, 9.17) is 4.52 Å². The molecule has 0 saturated carbocycles. The molecule has 3 aromatic rings. The molecule has 0 amide bonds. The lowest BCUT2D eigenvalue weighted by Crippen LogP contribution is -2.24. The van der Waals surface area contributed by atoms with Gasteiger partial charge in [-0.2, -0.15) is 4.98 Å². The van der Waals surface area contributed by atoms with Gasteiger partial charge >= 0.3 is 0 Å². The molecular formula is C20H19F2N3O2. The molecule has 0 radical (unpaired) electrons. The molecule has 1 aliphatic heterocycles. The van der Waals surface area contributed by atoms with Crippen molar-refractivity contribution in [1.82, 2.24) is 15.0 Å². The molecule has 1 N–H and O–H groups in total. The lowest BCUT2D eigenvalue weighted by Gasteiger charge is -2.21. The molecule has 1 fully saturated rings. The molecule has 140 valence electrons. The molecule has 1 aromatic heterocycles. The van der Waals surface area contributed by atoms with Crippen LogP contribution in [0.25, 0.3) is 11.4 Å². The van der Waals surface area contributed by atoms with Gasteiger partial charge in [0.1, 0.15) is 11.6 Å². The van der Waals surface area contributed by atoms with Crippen LogP contribution in [0.4, 0.5) is 8.78 Å². The van der Waals surface area contributed by atoms with Crippen LogP contribution in [0, 0.1) is 18.6 Å². The number of nitrogens with zero attached hydrogens (tertiary/aromatic N) is 3. The molecule has 0 aliphatic carbocycles. The van der Waals surface area contributed by atoms with E-state index in [0.717, 1.165) is 5.56 Å². The first-order chi connectivity index (χ1) is 13.0. The van der Waals surface area contributed by atoms with Crippen LogP contribution in [0.5, 0.6) is 0 Å². The van der Waals surface area contributed by atoms with E-state index in [1.54, 1.807) is 31.2 Å². The summed E-state index contributed by atoms with van der Waals surface area (Å²) in [6.45, 7) is 2.67. The summed E-state index contributed by atoms with van der Waals surface area (Å²) < 4.78 is 32.3. The van der Waals surface area contributed by atoms with Crippen LogP contribution in [0.2, 0.25) is 0 Å². The molecule has 0 unspecified atom stereocenters. The highest BCUT2D eigenvalue weighted by atomic mass is 19.1. The Hall–Kier alpha value is -2.64. The normalized spacial score (nSPS) is 20.3. The van der Waals surface area contributed by atoms with Gasteiger partial charge in [0.15, 0.2) is 0 Å². The lowest BCUT2D eigenvalue weighted by atomic mass is 10.1. The first-order valence-corrected chi connectivity index (χ1v) is 8.76. The second-order valence-corrected chi connectivity index (χ2v) is 6.88. The zero-order valence-electron chi connectivity index (χ0n) is 14.8. The van der Waals surface area contributed by atoms with Crippen molar-refractivity contribution in [3.63, 3.8) is 0 Å². The van der Waals surface area contributed by atoms with E-state index in [2.05, 4.69) is 10.1 Å². The first-order valence-electron chi connectivity index (χ1n) is 8.76. The molecule has 7 heteroatoms. The Balaban J connectivity index is 1.56. The summed E-state index contributed by atoms with van der Waals surface area (Å²) in [4.78, 5) is 6.44. The monoisotopic (exact) mass is 371 g/mol. The Morgan fingerprint density at radius 3 is 2.70 bits per heavy atom. The summed E-state index contributed by atoms with van der Waals surface area (Å²) in [5.41, 5.74) is 2.01. The van der Waals surface area contributed by atoms with Crippen LogP contribution in [-0.4, -0.2) is 32.8 Å². The summed E-state index contributed by atoms with van der Waals surface area (Å²) in [6.07, 6.45) is -0.0481. The van der Waals surface area contributed by atoms with Crippen molar-refractivity contribution in [1.29, 1.82) is 0 Å². The molecule has 0 bridgehead atoms. The van der Waals surface area contributed by atoms with Crippen molar-refractivity contribution in [3.05, 3.63) is 71.1 Å². The van der Waals surface area contributed by atoms with Gasteiger partial charge in [-0.25, -0.2) is 8.78 Å². The average molecular weight is 371 g/mol. The summed E-state index contributed by atoms with van der Waals surface area (Å²) >= 11 is 0. The Bertz CT molecular complexity index is 943. The number of halogens is 2. The summed E-state index contributed by atoms with van der Waals surface area (Å²) in [7, 11) is 0. The van der Waals surface area contributed by atoms with Gasteiger partial charge in [0.05, 0.1) is 12.1 Å². The second-order valence-electron chi connectivity index (χ2n) is 6.88. The van der Waals surface area contributed by atoms with Crippen LogP contribution in [0.15, 0.2) is 47.0 Å². The Morgan fingerprint density at radius 1 is 1.19 bits per heavy atom. The number of aliphatic hydroxyl groups is 1. The highest BCUT2D eigenvalue weighted by molar-refractivity contribution is 5.55. The maximum atomic E-state index is 13.8. The predicted molar refractivity (Wildman–Crippen MR) is 94.6 cm³/mol. The summed E-state index contributed by atoms with van der Waals surface area (Å²) in [5.74, 6) is 0.0772. The van der Waals surface area contributed by atoms with Crippen LogP contribution < -0.4 is 0 Å². The summed E-state index contributed by atoms with van der Waals surface area (Å²) in [6, 6.07) is 10.8. The topological polar surface area (TPSA) is 62.4 Å². The van der Waals surface area contributed by atoms with Crippen LogP contribution in [0.3, 0.4) is 0 Å². The van der Waals surface area contributed by atoms with Crippen molar-refractivity contribution in [2.24, 2.45) is 0 Å². The minimum absolute atomic E-state index is 0.249. The highest BCUT2D eigenvalue weighted by Crippen LogP contribution is 2.33. The van der Waals surface area contributed by atoms with E-state index in [-0.39, 0.29) is 17.7 Å². The molecule has 27 heavy (non-hydrogen) atoms. The summed E-state index contributed by atoms with van der Waals surface area (Å²) in [5, 5.41) is 14.1. The van der Waals surface area contributed by atoms with Crippen molar-refractivity contribution in [2.75, 3.05) is 6.54 Å². The molecule has 4 rings (SSSR count). The lowest BCUT2D eigenvalue weighted by molar-refractivity contribution is 0.169. The molecule has 0 spiro atoms. The molecule has 5 nitrogen and oxygen atoms in total. The fraction of sp³-hybridized carbons (Fsp3) is 0.300. The van der Waals surface area contributed by atoms with E-state index in [1.165, 1.54) is 18.2 Å². The zero-order chi connectivity index (χ0) is 19.0. The highest BCUT2D eigenvalue weighted by Gasteiger charge is 2.36. The van der Waals surface area contributed by atoms with E-state index in [0.29, 0.717) is 42.4 Å². The van der Waals surface area contributed by atoms with Crippen molar-refractivity contribution >= 4 is 0 Å². The van der Waals surface area contributed by atoms with Gasteiger partial charge in [-0.3, -0.25) is 4.90 Å². The second kappa shape index (κ2) is 7.17. The Kier molecular flexibility index (Phi) is 4.72. The van der Waals surface area contributed by atoms with Crippen molar-refractivity contribution < 1.29 is 18.4 Å². The van der Waals surface area contributed by atoms with Crippen LogP contribution >= 0.6 is 0 Å². The number of aryl methyl sites for hydroxylation is 1. The number of benzene rings is 2. The van der Waals surface area contributed by atoms with Gasteiger partial charge in [-0.05, 0) is 42.7 Å². The predicted octanol–water partition coefficient (Wildman–Crippen LogP) is 3.63. The van der Waals surface area contributed by atoms with Crippen molar-refractivity contribution in [2.45, 2.75) is 32.0 Å². The number of hydrogen-bond acceptors (Lipinski definition) is 5. The molecule has 2 aromatic carbocycles. The van der Waals surface area contributed by atoms with Crippen LogP contribution in [0.1, 0.15) is 29.5 Å².